The Bertz CT molecular complexity index is 1280. The predicted octanol–water partition coefficient (Wildman–Crippen LogP) is 6.77. The molecule has 4 rings (SSSR count). The summed E-state index contributed by atoms with van der Waals surface area (Å²) in [4.78, 5) is 20.5. The van der Waals surface area contributed by atoms with Crippen LogP contribution in [-0.2, 0) is 6.18 Å². The van der Waals surface area contributed by atoms with Gasteiger partial charge in [0.2, 0.25) is 11.2 Å². The lowest BCUT2D eigenvalue weighted by Gasteiger charge is -2.12. The van der Waals surface area contributed by atoms with Crippen molar-refractivity contribution in [2.75, 3.05) is 5.32 Å². The number of nitrogens with zero attached hydrogens (tertiary/aromatic N) is 2. The monoisotopic (exact) mass is 479 g/mol. The molecule has 0 atom stereocenters. The number of amides is 1. The summed E-state index contributed by atoms with van der Waals surface area (Å²) in [6.07, 6.45) is -3.04. The highest BCUT2D eigenvalue weighted by Gasteiger charge is 2.30. The number of anilines is 1. The number of hydrogen-bond donors (Lipinski definition) is 1. The zero-order valence-electron chi connectivity index (χ0n) is 16.1. The van der Waals surface area contributed by atoms with Crippen molar-refractivity contribution in [1.82, 2.24) is 9.97 Å². The number of carbonyl (C=O) groups is 1. The van der Waals surface area contributed by atoms with Gasteiger partial charge in [0.05, 0.1) is 5.56 Å². The van der Waals surface area contributed by atoms with E-state index in [0.29, 0.717) is 22.1 Å². The summed E-state index contributed by atoms with van der Waals surface area (Å²) in [5.74, 6) is 0.205. The highest BCUT2D eigenvalue weighted by Crippen LogP contribution is 2.31. The first-order valence-corrected chi connectivity index (χ1v) is 9.35. The van der Waals surface area contributed by atoms with Crippen molar-refractivity contribution < 1.29 is 22.7 Å². The summed E-state index contributed by atoms with van der Waals surface area (Å²) in [7, 11) is 0. The highest BCUT2D eigenvalue weighted by atomic mass is 35.5. The van der Waals surface area contributed by atoms with Gasteiger partial charge in [0.25, 0.3) is 5.91 Å². The summed E-state index contributed by atoms with van der Waals surface area (Å²) < 4.78 is 44.4. The maximum Gasteiger partial charge on any atom is 0.416 e. The van der Waals surface area contributed by atoms with Gasteiger partial charge in [-0.05, 0) is 64.8 Å². The van der Waals surface area contributed by atoms with Crippen LogP contribution in [0.1, 0.15) is 15.9 Å². The van der Waals surface area contributed by atoms with Crippen LogP contribution in [0.25, 0.3) is 10.8 Å². The van der Waals surface area contributed by atoms with Gasteiger partial charge in [0, 0.05) is 23.5 Å². The zero-order chi connectivity index (χ0) is 22.0. The molecular formula is C22H14Cl2F3N3O2. The number of aromatic nitrogens is 2. The number of rotatable bonds is 4. The standard InChI is InChI=1S/C22H13ClF3N3O2.ClH/c23-21-27-10-9-19(29-21)31-16-7-8-17-13(11-16)3-1-6-18(17)20(30)28-15-5-2-4-14(12-15)22(24,25)26;/h1-12H,(H,28,30);1H. The number of hydrogen-bond acceptors (Lipinski definition) is 4. The second-order valence-corrected chi connectivity index (χ2v) is 6.83. The van der Waals surface area contributed by atoms with E-state index >= 15 is 0 Å². The van der Waals surface area contributed by atoms with Crippen LogP contribution >= 0.6 is 24.0 Å². The van der Waals surface area contributed by atoms with Crippen LogP contribution in [-0.4, -0.2) is 15.9 Å². The third kappa shape index (κ3) is 5.27. The summed E-state index contributed by atoms with van der Waals surface area (Å²) in [5.41, 5.74) is -0.473. The van der Waals surface area contributed by atoms with Crippen LogP contribution in [0.4, 0.5) is 18.9 Å². The van der Waals surface area contributed by atoms with Crippen LogP contribution < -0.4 is 10.1 Å². The molecule has 0 radical (unpaired) electrons. The topological polar surface area (TPSA) is 64.1 Å². The number of halogens is 5. The Kier molecular flexibility index (Phi) is 6.86. The average Bonchev–Trinajstić information content (AvgIpc) is 2.73. The van der Waals surface area contributed by atoms with Gasteiger partial charge in [-0.3, -0.25) is 4.79 Å². The number of fused-ring (bicyclic) bond motifs is 1. The molecule has 1 heterocycles. The van der Waals surface area contributed by atoms with Crippen LogP contribution in [0, 0.1) is 0 Å². The second kappa shape index (κ2) is 9.42. The molecule has 0 aliphatic rings. The molecule has 4 aromatic rings. The minimum Gasteiger partial charge on any atom is -0.439 e. The summed E-state index contributed by atoms with van der Waals surface area (Å²) in [6, 6.07) is 16.1. The van der Waals surface area contributed by atoms with Gasteiger partial charge < -0.3 is 10.1 Å². The van der Waals surface area contributed by atoms with E-state index < -0.39 is 17.6 Å². The molecule has 0 spiro atoms. The van der Waals surface area contributed by atoms with E-state index in [-0.39, 0.29) is 29.3 Å². The molecule has 0 aliphatic heterocycles. The van der Waals surface area contributed by atoms with E-state index in [1.165, 1.54) is 18.3 Å². The lowest BCUT2D eigenvalue weighted by molar-refractivity contribution is -0.137. The van der Waals surface area contributed by atoms with E-state index in [4.69, 9.17) is 16.3 Å². The number of benzene rings is 3. The molecule has 0 bridgehead atoms. The summed E-state index contributed by atoms with van der Waals surface area (Å²) in [5, 5.41) is 3.88. The second-order valence-electron chi connectivity index (χ2n) is 6.49. The van der Waals surface area contributed by atoms with Crippen LogP contribution in [0.3, 0.4) is 0 Å². The van der Waals surface area contributed by atoms with E-state index in [9.17, 15) is 18.0 Å². The Morgan fingerprint density at radius 2 is 1.78 bits per heavy atom. The van der Waals surface area contributed by atoms with Crippen molar-refractivity contribution in [1.29, 1.82) is 0 Å². The normalized spacial score (nSPS) is 11.0. The molecule has 0 unspecified atom stereocenters. The lowest BCUT2D eigenvalue weighted by atomic mass is 10.0. The van der Waals surface area contributed by atoms with E-state index in [1.807, 2.05) is 0 Å². The van der Waals surface area contributed by atoms with Crippen LogP contribution in [0.15, 0.2) is 72.9 Å². The Morgan fingerprint density at radius 3 is 2.53 bits per heavy atom. The molecule has 0 saturated carbocycles. The average molecular weight is 480 g/mol. The molecule has 10 heteroatoms. The van der Waals surface area contributed by atoms with Crippen LogP contribution in [0.5, 0.6) is 11.6 Å². The SMILES string of the molecule is Cl.O=C(Nc1cccc(C(F)(F)F)c1)c1cccc2cc(Oc3ccnc(Cl)n3)ccc12. The molecule has 1 aromatic heterocycles. The number of nitrogens with one attached hydrogen (secondary N) is 1. The Morgan fingerprint density at radius 1 is 1.00 bits per heavy atom. The van der Waals surface area contributed by atoms with Crippen molar-refractivity contribution >= 4 is 46.4 Å². The van der Waals surface area contributed by atoms with Gasteiger partial charge in [-0.25, -0.2) is 4.98 Å². The quantitative estimate of drug-likeness (QED) is 0.328. The summed E-state index contributed by atoms with van der Waals surface area (Å²) >= 11 is 5.75. The Hall–Kier alpha value is -3.36. The molecular weight excluding hydrogens is 466 g/mol. The lowest BCUT2D eigenvalue weighted by Crippen LogP contribution is -2.13. The van der Waals surface area contributed by atoms with E-state index in [2.05, 4.69) is 15.3 Å². The Balaban J connectivity index is 0.00000289. The first-order chi connectivity index (χ1) is 14.8. The molecule has 3 aromatic carbocycles. The van der Waals surface area contributed by atoms with Crippen molar-refractivity contribution in [2.24, 2.45) is 0 Å². The fourth-order valence-electron chi connectivity index (χ4n) is 2.99. The number of carbonyl (C=O) groups excluding carboxylic acids is 1. The molecule has 32 heavy (non-hydrogen) atoms. The van der Waals surface area contributed by atoms with Crippen molar-refractivity contribution in [3.63, 3.8) is 0 Å². The maximum absolute atomic E-state index is 12.9. The predicted molar refractivity (Wildman–Crippen MR) is 118 cm³/mol. The van der Waals surface area contributed by atoms with Gasteiger partial charge in [-0.1, -0.05) is 18.2 Å². The van der Waals surface area contributed by atoms with Crippen molar-refractivity contribution in [3.8, 4) is 11.6 Å². The van der Waals surface area contributed by atoms with Crippen molar-refractivity contribution in [3.05, 3.63) is 89.3 Å². The minimum atomic E-state index is -4.50. The van der Waals surface area contributed by atoms with Gasteiger partial charge in [-0.2, -0.15) is 18.2 Å². The van der Waals surface area contributed by atoms with E-state index in [1.54, 1.807) is 42.5 Å². The van der Waals surface area contributed by atoms with Gasteiger partial charge in [0.1, 0.15) is 5.75 Å². The molecule has 0 aliphatic carbocycles. The van der Waals surface area contributed by atoms with Crippen molar-refractivity contribution in [2.45, 2.75) is 6.18 Å². The van der Waals surface area contributed by atoms with Gasteiger partial charge in [-0.15, -0.1) is 12.4 Å². The third-order valence-corrected chi connectivity index (χ3v) is 4.55. The largest absolute Gasteiger partial charge is 0.439 e. The number of alkyl halides is 3. The van der Waals surface area contributed by atoms with E-state index in [0.717, 1.165) is 12.1 Å². The fraction of sp³-hybridized carbons (Fsp3) is 0.0455. The van der Waals surface area contributed by atoms with Gasteiger partial charge >= 0.3 is 6.18 Å². The first kappa shape index (κ1) is 23.3. The highest BCUT2D eigenvalue weighted by molar-refractivity contribution is 6.28. The van der Waals surface area contributed by atoms with Gasteiger partial charge in [0.15, 0.2) is 0 Å². The fourth-order valence-corrected chi connectivity index (χ4v) is 3.13. The third-order valence-electron chi connectivity index (χ3n) is 4.37. The maximum atomic E-state index is 12.9. The first-order valence-electron chi connectivity index (χ1n) is 8.97. The van der Waals surface area contributed by atoms with Crippen LogP contribution in [0.2, 0.25) is 5.28 Å². The smallest absolute Gasteiger partial charge is 0.416 e. The molecule has 1 amide bonds. The number of ether oxygens (including phenoxy) is 1. The molecule has 0 fully saturated rings. The molecule has 1 N–H and O–H groups in total. The molecule has 164 valence electrons. The molecule has 5 nitrogen and oxygen atoms in total. The minimum absolute atomic E-state index is 0. The zero-order valence-corrected chi connectivity index (χ0v) is 17.6. The summed E-state index contributed by atoms with van der Waals surface area (Å²) in [6.45, 7) is 0. The Labute approximate surface area is 191 Å². The molecule has 0 saturated heterocycles.